The summed E-state index contributed by atoms with van der Waals surface area (Å²) in [7, 11) is -3.22. The van der Waals surface area contributed by atoms with Crippen LogP contribution < -0.4 is 18.9 Å². The zero-order chi connectivity index (χ0) is 6.50. The van der Waals surface area contributed by atoms with Gasteiger partial charge in [-0.25, -0.2) is 4.57 Å². The van der Waals surface area contributed by atoms with E-state index >= 15 is 0 Å². The maximum Gasteiger partial charge on any atom is 1.00 e. The summed E-state index contributed by atoms with van der Waals surface area (Å²) in [6.07, 6.45) is 0. The van der Waals surface area contributed by atoms with Crippen molar-refractivity contribution in [1.29, 1.82) is 0 Å². The molecule has 0 aliphatic heterocycles. The third-order valence-electron chi connectivity index (χ3n) is 0. The van der Waals surface area contributed by atoms with Gasteiger partial charge in [-0.2, -0.15) is 0 Å². The van der Waals surface area contributed by atoms with Gasteiger partial charge in [0, 0.05) is 17.1 Å². The van der Waals surface area contributed by atoms with Crippen LogP contribution >= 0.6 is 17.3 Å². The molecular weight excluding hydrogens is 205 g/mol. The molecule has 0 rings (SSSR count). The third-order valence-corrected chi connectivity index (χ3v) is 0. The molecule has 0 aliphatic rings. The Morgan fingerprint density at radius 2 is 1.22 bits per heavy atom. The first-order chi connectivity index (χ1) is 3.00. The Morgan fingerprint density at radius 1 is 1.22 bits per heavy atom. The Hall–Kier alpha value is 1.62. The van der Waals surface area contributed by atoms with Crippen molar-refractivity contribution in [3.8, 4) is 0 Å². The van der Waals surface area contributed by atoms with Gasteiger partial charge in [0.25, 0.3) is 0 Å². The minimum absolute atomic E-state index is 0. The second-order valence-electron chi connectivity index (χ2n) is 0.513. The zero-order valence-electron chi connectivity index (χ0n) is 5.58. The molecular formula is H7FeLiO5P2. The summed E-state index contributed by atoms with van der Waals surface area (Å²) in [6, 6.07) is 0. The summed E-state index contributed by atoms with van der Waals surface area (Å²) >= 11 is 0. The van der Waals surface area contributed by atoms with Crippen molar-refractivity contribution in [2.45, 2.75) is 0 Å². The van der Waals surface area contributed by atoms with Crippen molar-refractivity contribution in [1.82, 2.24) is 0 Å². The molecule has 0 bridgehead atoms. The molecule has 56 valence electrons. The van der Waals surface area contributed by atoms with E-state index in [1.165, 1.54) is 9.47 Å². The summed E-state index contributed by atoms with van der Waals surface area (Å²) in [5, 5.41) is 0. The average molecular weight is 212 g/mol. The number of rotatable bonds is 0. The molecule has 1 atom stereocenters. The quantitative estimate of drug-likeness (QED) is 0.242. The molecule has 0 fully saturated rings. The van der Waals surface area contributed by atoms with E-state index in [0.29, 0.717) is 0 Å². The minimum Gasteiger partial charge on any atom is -1.00 e. The van der Waals surface area contributed by atoms with Crippen LogP contribution in [0.15, 0.2) is 0 Å². The van der Waals surface area contributed by atoms with E-state index in [-0.39, 0.29) is 37.4 Å². The predicted molar refractivity (Wildman–Crippen MR) is 27.3 cm³/mol. The first-order valence-electron chi connectivity index (χ1n) is 1.04. The van der Waals surface area contributed by atoms with E-state index in [1.54, 1.807) is 0 Å². The fourth-order valence-corrected chi connectivity index (χ4v) is 0. The Balaban J connectivity index is -0.0000000154. The first-order valence-corrected chi connectivity index (χ1v) is 3.12. The zero-order valence-corrected chi connectivity index (χ0v) is 7.73. The summed E-state index contributed by atoms with van der Waals surface area (Å²) in [5.41, 5.74) is 0. The van der Waals surface area contributed by atoms with Crippen molar-refractivity contribution >= 4 is 17.3 Å². The van der Waals surface area contributed by atoms with E-state index in [1.807, 2.05) is 0 Å². The smallest absolute Gasteiger partial charge is 1.00 e. The van der Waals surface area contributed by atoms with Crippen LogP contribution in [0, 0.1) is 0 Å². The molecule has 0 aromatic carbocycles. The van der Waals surface area contributed by atoms with Crippen LogP contribution in [0.3, 0.4) is 0 Å². The Kier molecular flexibility index (Phi) is 30.7. The molecule has 0 aromatic heterocycles. The van der Waals surface area contributed by atoms with Crippen molar-refractivity contribution in [3.63, 3.8) is 0 Å². The van der Waals surface area contributed by atoms with Crippen molar-refractivity contribution in [3.05, 3.63) is 0 Å². The molecule has 0 amide bonds. The summed E-state index contributed by atoms with van der Waals surface area (Å²) in [6.45, 7) is 0. The van der Waals surface area contributed by atoms with Gasteiger partial charge in [-0.1, -0.05) is 0 Å². The fraction of sp³-hybridized carbons (Fsp3) is 0. The SMILES string of the molecule is O=P(O)(O)O.OP.[Fe].[H-].[Li+]. The molecule has 9 heavy (non-hydrogen) atoms. The van der Waals surface area contributed by atoms with Gasteiger partial charge >= 0.3 is 26.7 Å². The van der Waals surface area contributed by atoms with Crippen LogP contribution in [-0.2, 0) is 21.6 Å². The standard InChI is InChI=1S/Fe.Li.H3O4P.H3OP.H/c;;1-5(2,3)4;1-2;/h;;(H3,1,2,3,4);1H,2H2;/q;+1;;;-1. The largest absolute Gasteiger partial charge is 1.00 e. The summed E-state index contributed by atoms with van der Waals surface area (Å²) in [4.78, 5) is 28.5. The number of hydrogen-bond acceptors (Lipinski definition) is 2. The Bertz CT molecular complexity index is 65.8. The second-order valence-corrected chi connectivity index (χ2v) is 1.54. The van der Waals surface area contributed by atoms with E-state index in [4.69, 9.17) is 24.1 Å². The van der Waals surface area contributed by atoms with Gasteiger partial charge in [-0.3, -0.25) is 0 Å². The fourth-order valence-electron chi connectivity index (χ4n) is 0. The third kappa shape index (κ3) is 213. The molecule has 9 heteroatoms. The van der Waals surface area contributed by atoms with Crippen LogP contribution in [0.1, 0.15) is 1.43 Å². The molecule has 4 N–H and O–H groups in total. The molecule has 0 spiro atoms. The molecule has 1 unspecified atom stereocenters. The molecule has 0 saturated heterocycles. The minimum atomic E-state index is -4.64. The Labute approximate surface area is 78.9 Å². The van der Waals surface area contributed by atoms with Gasteiger partial charge < -0.3 is 21.0 Å². The van der Waals surface area contributed by atoms with Crippen LogP contribution in [0.4, 0.5) is 0 Å². The van der Waals surface area contributed by atoms with Gasteiger partial charge in [-0.05, 0) is 9.47 Å². The van der Waals surface area contributed by atoms with E-state index in [0.717, 1.165) is 0 Å². The first kappa shape index (κ1) is 22.4. The normalized spacial score (nSPS) is 7.22. The topological polar surface area (TPSA) is 98.0 Å². The second kappa shape index (κ2) is 12.3. The number of phosphoric acid groups is 1. The van der Waals surface area contributed by atoms with Crippen LogP contribution in [0.5, 0.6) is 0 Å². The van der Waals surface area contributed by atoms with Crippen molar-refractivity contribution < 1.29 is 61.5 Å². The van der Waals surface area contributed by atoms with E-state index < -0.39 is 7.82 Å². The van der Waals surface area contributed by atoms with Gasteiger partial charge in [0.05, 0.1) is 0 Å². The molecule has 5 nitrogen and oxygen atoms in total. The van der Waals surface area contributed by atoms with Crippen LogP contribution in [-0.4, -0.2) is 19.6 Å². The molecule has 0 aromatic rings. The van der Waals surface area contributed by atoms with E-state index in [9.17, 15) is 0 Å². The summed E-state index contributed by atoms with van der Waals surface area (Å²) in [5.74, 6) is 0. The van der Waals surface area contributed by atoms with Crippen LogP contribution in [0.2, 0.25) is 0 Å². The molecule has 0 radical (unpaired) electrons. The molecule has 0 heterocycles. The molecule has 0 aliphatic carbocycles. The maximum atomic E-state index is 8.88. The predicted octanol–water partition coefficient (Wildman–Crippen LogP) is -4.05. The number of hydrogen-bond donors (Lipinski definition) is 4. The van der Waals surface area contributed by atoms with Crippen LogP contribution in [0.25, 0.3) is 0 Å². The van der Waals surface area contributed by atoms with Gasteiger partial charge in [0.2, 0.25) is 0 Å². The Morgan fingerprint density at radius 3 is 1.22 bits per heavy atom. The van der Waals surface area contributed by atoms with Gasteiger partial charge in [0.1, 0.15) is 0 Å². The van der Waals surface area contributed by atoms with Crippen molar-refractivity contribution in [2.75, 3.05) is 0 Å². The van der Waals surface area contributed by atoms with Gasteiger partial charge in [-0.15, -0.1) is 0 Å². The maximum absolute atomic E-state index is 8.88. The van der Waals surface area contributed by atoms with E-state index in [2.05, 4.69) is 0 Å². The van der Waals surface area contributed by atoms with Crippen molar-refractivity contribution in [2.24, 2.45) is 0 Å². The van der Waals surface area contributed by atoms with Gasteiger partial charge in [0.15, 0.2) is 0 Å². The summed E-state index contributed by atoms with van der Waals surface area (Å²) < 4.78 is 8.88. The monoisotopic (exact) mass is 212 g/mol. The molecule has 0 saturated carbocycles. The average Bonchev–Trinajstić information content (AvgIpc) is 1.36.